The van der Waals surface area contributed by atoms with Gasteiger partial charge in [0.2, 0.25) is 0 Å². The molecule has 1 unspecified atom stereocenters. The van der Waals surface area contributed by atoms with Crippen molar-refractivity contribution in [2.24, 2.45) is 0 Å². The van der Waals surface area contributed by atoms with E-state index in [9.17, 15) is 9.59 Å². The number of benzene rings is 1. The number of pyridine rings is 1. The molecule has 8 heteroatoms. The molecule has 3 rings (SSSR count). The number of ether oxygens (including phenoxy) is 1. The molecule has 1 amide bonds. The molecule has 0 aliphatic heterocycles. The summed E-state index contributed by atoms with van der Waals surface area (Å²) in [5, 5.41) is 4.97. The maximum Gasteiger partial charge on any atom is 0.339 e. The van der Waals surface area contributed by atoms with Gasteiger partial charge >= 0.3 is 5.97 Å². The minimum absolute atomic E-state index is 0.339. The van der Waals surface area contributed by atoms with E-state index in [4.69, 9.17) is 4.74 Å². The minimum Gasteiger partial charge on any atom is -0.449 e. The van der Waals surface area contributed by atoms with Gasteiger partial charge in [0.1, 0.15) is 0 Å². The maximum atomic E-state index is 12.2. The number of nitrogens with one attached hydrogen (secondary N) is 1. The van der Waals surface area contributed by atoms with Gasteiger partial charge in [0.05, 0.1) is 11.3 Å². The molecule has 0 saturated heterocycles. The van der Waals surface area contributed by atoms with Crippen LogP contribution in [0.15, 0.2) is 58.6 Å². The third-order valence-electron chi connectivity index (χ3n) is 3.44. The summed E-state index contributed by atoms with van der Waals surface area (Å²) in [6.45, 7) is 1.51. The Labute approximate surface area is 162 Å². The van der Waals surface area contributed by atoms with Gasteiger partial charge in [0.15, 0.2) is 11.2 Å². The Morgan fingerprint density at radius 3 is 2.54 bits per heavy atom. The first-order valence-electron chi connectivity index (χ1n) is 7.66. The van der Waals surface area contributed by atoms with Crippen molar-refractivity contribution in [2.75, 3.05) is 5.32 Å². The minimum atomic E-state index is -0.948. The van der Waals surface area contributed by atoms with Gasteiger partial charge in [0.25, 0.3) is 5.91 Å². The van der Waals surface area contributed by atoms with E-state index in [1.54, 1.807) is 0 Å². The Balaban J connectivity index is 1.61. The van der Waals surface area contributed by atoms with E-state index < -0.39 is 18.0 Å². The summed E-state index contributed by atoms with van der Waals surface area (Å²) in [7, 11) is 0. The molecular formula is C18H14BrN3O3S. The van der Waals surface area contributed by atoms with Crippen molar-refractivity contribution < 1.29 is 14.3 Å². The highest BCUT2D eigenvalue weighted by atomic mass is 79.9. The smallest absolute Gasteiger partial charge is 0.339 e. The van der Waals surface area contributed by atoms with Crippen LogP contribution in [0, 0.1) is 0 Å². The maximum absolute atomic E-state index is 12.2. The molecule has 0 radical (unpaired) electrons. The molecule has 0 bridgehead atoms. The van der Waals surface area contributed by atoms with E-state index in [0.717, 1.165) is 15.7 Å². The fourth-order valence-corrected chi connectivity index (χ4v) is 3.05. The van der Waals surface area contributed by atoms with Gasteiger partial charge < -0.3 is 4.74 Å². The van der Waals surface area contributed by atoms with E-state index in [2.05, 4.69) is 31.2 Å². The second kappa shape index (κ2) is 8.20. The van der Waals surface area contributed by atoms with E-state index >= 15 is 0 Å². The molecule has 1 atom stereocenters. The van der Waals surface area contributed by atoms with Crippen LogP contribution in [0.5, 0.6) is 0 Å². The molecule has 2 aromatic heterocycles. The zero-order valence-corrected chi connectivity index (χ0v) is 16.1. The number of amides is 1. The number of carbonyl (C=O) groups excluding carboxylic acids is 2. The third kappa shape index (κ3) is 4.53. The van der Waals surface area contributed by atoms with Gasteiger partial charge in [-0.1, -0.05) is 28.1 Å². The normalized spacial score (nSPS) is 11.6. The average molecular weight is 432 g/mol. The topological polar surface area (TPSA) is 81.2 Å². The lowest BCUT2D eigenvalue weighted by atomic mass is 10.2. The molecule has 0 aliphatic carbocycles. The number of carbonyl (C=O) groups is 2. The third-order valence-corrected chi connectivity index (χ3v) is 4.73. The van der Waals surface area contributed by atoms with Crippen LogP contribution >= 0.6 is 27.3 Å². The van der Waals surface area contributed by atoms with Crippen molar-refractivity contribution in [1.82, 2.24) is 9.97 Å². The Morgan fingerprint density at radius 1 is 1.15 bits per heavy atom. The number of aromatic nitrogens is 2. The Bertz CT molecular complexity index is 913. The summed E-state index contributed by atoms with van der Waals surface area (Å²) in [6.07, 6.45) is 2.02. The predicted octanol–water partition coefficient (Wildman–Crippen LogP) is 4.15. The van der Waals surface area contributed by atoms with Crippen LogP contribution in [-0.2, 0) is 9.53 Å². The highest BCUT2D eigenvalue weighted by Crippen LogP contribution is 2.26. The van der Waals surface area contributed by atoms with Gasteiger partial charge in [-0.15, -0.1) is 11.3 Å². The first-order valence-corrected chi connectivity index (χ1v) is 9.33. The van der Waals surface area contributed by atoms with Gasteiger partial charge in [-0.25, -0.2) is 9.78 Å². The van der Waals surface area contributed by atoms with Crippen molar-refractivity contribution in [2.45, 2.75) is 13.0 Å². The molecule has 0 aliphatic rings. The number of hydrogen-bond acceptors (Lipinski definition) is 6. The Morgan fingerprint density at radius 2 is 1.85 bits per heavy atom. The van der Waals surface area contributed by atoms with Gasteiger partial charge in [0, 0.05) is 27.8 Å². The van der Waals surface area contributed by atoms with Crippen LogP contribution in [0.25, 0.3) is 11.3 Å². The lowest BCUT2D eigenvalue weighted by molar-refractivity contribution is -0.123. The number of esters is 1. The van der Waals surface area contributed by atoms with Gasteiger partial charge in [-0.2, -0.15) is 0 Å². The van der Waals surface area contributed by atoms with E-state index in [1.807, 2.05) is 29.6 Å². The highest BCUT2D eigenvalue weighted by Gasteiger charge is 2.20. The summed E-state index contributed by atoms with van der Waals surface area (Å²) in [6, 6.07) is 10.8. The van der Waals surface area contributed by atoms with Crippen molar-refractivity contribution in [3.63, 3.8) is 0 Å². The van der Waals surface area contributed by atoms with Crippen LogP contribution in [0.2, 0.25) is 0 Å². The molecule has 132 valence electrons. The molecule has 1 aromatic carbocycles. The summed E-state index contributed by atoms with van der Waals surface area (Å²) in [5.41, 5.74) is 2.05. The van der Waals surface area contributed by atoms with Crippen LogP contribution in [0.1, 0.15) is 17.3 Å². The number of hydrogen-bond donors (Lipinski definition) is 1. The fourth-order valence-electron chi connectivity index (χ4n) is 2.06. The first kappa shape index (κ1) is 18.2. The van der Waals surface area contributed by atoms with Crippen molar-refractivity contribution in [3.05, 3.63) is 64.2 Å². The Kier molecular flexibility index (Phi) is 5.75. The number of anilines is 1. The number of rotatable bonds is 5. The van der Waals surface area contributed by atoms with Crippen molar-refractivity contribution in [3.8, 4) is 11.3 Å². The lowest BCUT2D eigenvalue weighted by Crippen LogP contribution is -2.29. The zero-order chi connectivity index (χ0) is 18.5. The number of thiazole rings is 1. The second-order valence-corrected chi connectivity index (χ2v) is 7.09. The molecule has 26 heavy (non-hydrogen) atoms. The zero-order valence-electron chi connectivity index (χ0n) is 13.7. The predicted molar refractivity (Wildman–Crippen MR) is 103 cm³/mol. The highest BCUT2D eigenvalue weighted by molar-refractivity contribution is 9.10. The van der Waals surface area contributed by atoms with Crippen LogP contribution in [-0.4, -0.2) is 27.9 Å². The Hall–Kier alpha value is -2.58. The van der Waals surface area contributed by atoms with E-state index in [-0.39, 0.29) is 0 Å². The van der Waals surface area contributed by atoms with Crippen molar-refractivity contribution in [1.29, 1.82) is 0 Å². The molecule has 0 fully saturated rings. The van der Waals surface area contributed by atoms with Gasteiger partial charge in [-0.3, -0.25) is 15.1 Å². The standard InChI is InChI=1S/C18H14BrN3O3S/c1-11(25-17(24)13-6-8-20-9-7-13)16(23)22-18-21-15(10-26-18)12-2-4-14(19)5-3-12/h2-11H,1H3,(H,21,22,23). The summed E-state index contributed by atoms with van der Waals surface area (Å²) in [5.74, 6) is -1.02. The monoisotopic (exact) mass is 431 g/mol. The second-order valence-electron chi connectivity index (χ2n) is 5.32. The molecule has 1 N–H and O–H groups in total. The van der Waals surface area contributed by atoms with E-state index in [1.165, 1.54) is 42.8 Å². The quantitative estimate of drug-likeness (QED) is 0.613. The molecule has 0 saturated carbocycles. The van der Waals surface area contributed by atoms with Crippen molar-refractivity contribution >= 4 is 44.3 Å². The fraction of sp³-hybridized carbons (Fsp3) is 0.111. The lowest BCUT2D eigenvalue weighted by Gasteiger charge is -2.12. The molecule has 0 spiro atoms. The summed E-state index contributed by atoms with van der Waals surface area (Å²) in [4.78, 5) is 32.4. The molecular weight excluding hydrogens is 418 g/mol. The molecule has 6 nitrogen and oxygen atoms in total. The van der Waals surface area contributed by atoms with Crippen LogP contribution in [0.4, 0.5) is 5.13 Å². The SMILES string of the molecule is CC(OC(=O)c1ccncc1)C(=O)Nc1nc(-c2ccc(Br)cc2)cs1. The van der Waals surface area contributed by atoms with E-state index in [0.29, 0.717) is 10.7 Å². The largest absolute Gasteiger partial charge is 0.449 e. The van der Waals surface area contributed by atoms with Crippen LogP contribution in [0.3, 0.4) is 0 Å². The number of halogens is 1. The molecule has 3 aromatic rings. The first-order chi connectivity index (χ1) is 12.5. The average Bonchev–Trinajstić information content (AvgIpc) is 3.11. The molecule has 2 heterocycles. The van der Waals surface area contributed by atoms with Gasteiger partial charge in [-0.05, 0) is 31.2 Å². The van der Waals surface area contributed by atoms with Crippen LogP contribution < -0.4 is 5.32 Å². The summed E-state index contributed by atoms with van der Waals surface area (Å²) < 4.78 is 6.15. The number of nitrogens with zero attached hydrogens (tertiary/aromatic N) is 2. The summed E-state index contributed by atoms with van der Waals surface area (Å²) >= 11 is 4.69.